The first-order valence-corrected chi connectivity index (χ1v) is 8.93. The van der Waals surface area contributed by atoms with Gasteiger partial charge in [-0.05, 0) is 38.1 Å². The number of piperidine rings is 1. The number of nitrogen functional groups attached to an aromatic ring is 1. The molecule has 1 aromatic heterocycles. The first kappa shape index (κ1) is 17.3. The quantitative estimate of drug-likeness (QED) is 0.481. The van der Waals surface area contributed by atoms with E-state index in [1.165, 1.54) is 48.8 Å². The van der Waals surface area contributed by atoms with Gasteiger partial charge < -0.3 is 5.73 Å². The Morgan fingerprint density at radius 1 is 1.36 bits per heavy atom. The van der Waals surface area contributed by atoms with Gasteiger partial charge in [-0.1, -0.05) is 6.42 Å². The second-order valence-electron chi connectivity index (χ2n) is 5.97. The molecule has 3 rings (SSSR count). The highest BCUT2D eigenvalue weighted by Gasteiger charge is 2.17. The van der Waals surface area contributed by atoms with E-state index in [2.05, 4.69) is 15.2 Å². The topological polar surface area (TPSA) is 114 Å². The van der Waals surface area contributed by atoms with E-state index in [1.807, 2.05) is 5.38 Å². The zero-order chi connectivity index (χ0) is 17.8. The first-order valence-electron chi connectivity index (χ1n) is 8.05. The molecule has 0 aliphatic carbocycles. The van der Waals surface area contributed by atoms with Crippen LogP contribution in [0.5, 0.6) is 0 Å². The van der Waals surface area contributed by atoms with Gasteiger partial charge in [-0.2, -0.15) is 0 Å². The molecule has 0 unspecified atom stereocenters. The van der Waals surface area contributed by atoms with Crippen molar-refractivity contribution in [1.29, 1.82) is 0 Å². The van der Waals surface area contributed by atoms with Gasteiger partial charge in [0.05, 0.1) is 10.6 Å². The Balaban J connectivity index is 1.65. The molecule has 0 atom stereocenters. The summed E-state index contributed by atoms with van der Waals surface area (Å²) in [5, 5.41) is 16.0. The van der Waals surface area contributed by atoms with Crippen LogP contribution >= 0.6 is 11.3 Å². The molecule has 1 saturated heterocycles. The molecule has 1 fully saturated rings. The fraction of sp³-hybridized carbons (Fsp3) is 0.375. The van der Waals surface area contributed by atoms with Crippen molar-refractivity contribution in [3.8, 4) is 0 Å². The predicted octanol–water partition coefficient (Wildman–Crippen LogP) is 2.87. The number of anilines is 2. The van der Waals surface area contributed by atoms with Gasteiger partial charge in [-0.25, -0.2) is 4.98 Å². The summed E-state index contributed by atoms with van der Waals surface area (Å²) in [6.07, 6.45) is 3.70. The van der Waals surface area contributed by atoms with Crippen molar-refractivity contribution in [3.05, 3.63) is 45.0 Å². The monoisotopic (exact) mass is 361 g/mol. The molecule has 2 aromatic rings. The Bertz CT molecular complexity index is 786. The number of carbonyl (C=O) groups is 1. The normalized spacial score (nSPS) is 15.0. The fourth-order valence-electron chi connectivity index (χ4n) is 2.80. The maximum absolute atomic E-state index is 12.3. The van der Waals surface area contributed by atoms with Gasteiger partial charge in [0.25, 0.3) is 11.6 Å². The van der Waals surface area contributed by atoms with Crippen molar-refractivity contribution in [3.63, 3.8) is 0 Å². The lowest BCUT2D eigenvalue weighted by atomic mass is 10.1. The van der Waals surface area contributed by atoms with Crippen LogP contribution in [0, 0.1) is 10.1 Å². The van der Waals surface area contributed by atoms with Gasteiger partial charge in [0.2, 0.25) is 0 Å². The first-order chi connectivity index (χ1) is 12.0. The van der Waals surface area contributed by atoms with Crippen LogP contribution in [0.4, 0.5) is 16.5 Å². The Morgan fingerprint density at radius 3 is 2.84 bits per heavy atom. The molecule has 1 aliphatic heterocycles. The van der Waals surface area contributed by atoms with Gasteiger partial charge >= 0.3 is 0 Å². The Hall–Kier alpha value is -2.52. The maximum atomic E-state index is 12.3. The number of thiazole rings is 1. The summed E-state index contributed by atoms with van der Waals surface area (Å²) in [5.74, 6) is -0.443. The smallest absolute Gasteiger partial charge is 0.292 e. The molecule has 0 bridgehead atoms. The predicted molar refractivity (Wildman–Crippen MR) is 96.7 cm³/mol. The Kier molecular flexibility index (Phi) is 5.25. The lowest BCUT2D eigenvalue weighted by Gasteiger charge is -2.25. The molecule has 2 heterocycles. The molecule has 1 aromatic carbocycles. The van der Waals surface area contributed by atoms with E-state index in [9.17, 15) is 14.9 Å². The molecule has 1 aliphatic rings. The summed E-state index contributed by atoms with van der Waals surface area (Å²) in [7, 11) is 0. The van der Waals surface area contributed by atoms with Gasteiger partial charge in [-0.15, -0.1) is 11.3 Å². The number of rotatable bonds is 5. The zero-order valence-corrected chi connectivity index (χ0v) is 14.4. The Labute approximate surface area is 148 Å². The van der Waals surface area contributed by atoms with Crippen LogP contribution in [-0.2, 0) is 6.54 Å². The highest BCUT2D eigenvalue weighted by molar-refractivity contribution is 7.13. The van der Waals surface area contributed by atoms with Crippen LogP contribution in [-0.4, -0.2) is 33.8 Å². The summed E-state index contributed by atoms with van der Waals surface area (Å²) in [6.45, 7) is 2.93. The van der Waals surface area contributed by atoms with E-state index in [0.717, 1.165) is 25.3 Å². The molecule has 3 N–H and O–H groups in total. The van der Waals surface area contributed by atoms with Crippen LogP contribution in [0.3, 0.4) is 0 Å². The van der Waals surface area contributed by atoms with Crippen LogP contribution < -0.4 is 11.1 Å². The number of nitrogens with two attached hydrogens (primary N) is 1. The summed E-state index contributed by atoms with van der Waals surface area (Å²) in [4.78, 5) is 29.4. The summed E-state index contributed by atoms with van der Waals surface area (Å²) < 4.78 is 0. The van der Waals surface area contributed by atoms with E-state index in [1.54, 1.807) is 0 Å². The largest absolute Gasteiger partial charge is 0.393 e. The van der Waals surface area contributed by atoms with E-state index in [0.29, 0.717) is 5.13 Å². The Morgan fingerprint density at radius 2 is 2.12 bits per heavy atom. The second-order valence-corrected chi connectivity index (χ2v) is 6.82. The molecule has 9 heteroatoms. The third-order valence-corrected chi connectivity index (χ3v) is 4.90. The number of nitrogens with one attached hydrogen (secondary N) is 1. The number of amides is 1. The number of nitrogens with zero attached hydrogens (tertiary/aromatic N) is 3. The minimum atomic E-state index is -0.605. The molecule has 0 saturated carbocycles. The molecule has 1 amide bonds. The number of carbonyl (C=O) groups excluding carboxylic acids is 1. The van der Waals surface area contributed by atoms with Crippen molar-refractivity contribution >= 4 is 33.8 Å². The third kappa shape index (κ3) is 4.31. The third-order valence-electron chi connectivity index (χ3n) is 4.10. The number of hydrogen-bond acceptors (Lipinski definition) is 7. The number of nitro benzene ring substituents is 1. The van der Waals surface area contributed by atoms with Crippen LogP contribution in [0.25, 0.3) is 0 Å². The molecular weight excluding hydrogens is 342 g/mol. The van der Waals surface area contributed by atoms with E-state index in [-0.39, 0.29) is 16.9 Å². The van der Waals surface area contributed by atoms with Crippen molar-refractivity contribution in [2.75, 3.05) is 24.1 Å². The SMILES string of the molecule is Nc1ccc(C(=O)Nc2nc(CN3CCCCC3)cs2)cc1[N+](=O)[O-]. The maximum Gasteiger partial charge on any atom is 0.292 e. The molecule has 0 radical (unpaired) electrons. The van der Waals surface area contributed by atoms with Gasteiger partial charge in [0.1, 0.15) is 5.69 Å². The number of hydrogen-bond donors (Lipinski definition) is 2. The summed E-state index contributed by atoms with van der Waals surface area (Å²) in [5.41, 5.74) is 6.39. The van der Waals surface area contributed by atoms with Crippen LogP contribution in [0.2, 0.25) is 0 Å². The van der Waals surface area contributed by atoms with Crippen molar-refractivity contribution < 1.29 is 9.72 Å². The van der Waals surface area contributed by atoms with E-state index < -0.39 is 10.8 Å². The lowest BCUT2D eigenvalue weighted by molar-refractivity contribution is -0.383. The van der Waals surface area contributed by atoms with Gasteiger partial charge in [0.15, 0.2) is 5.13 Å². The van der Waals surface area contributed by atoms with Crippen molar-refractivity contribution in [1.82, 2.24) is 9.88 Å². The summed E-state index contributed by atoms with van der Waals surface area (Å²) >= 11 is 1.35. The number of benzene rings is 1. The second kappa shape index (κ2) is 7.58. The average molecular weight is 361 g/mol. The van der Waals surface area contributed by atoms with Crippen molar-refractivity contribution in [2.24, 2.45) is 0 Å². The zero-order valence-electron chi connectivity index (χ0n) is 13.6. The van der Waals surface area contributed by atoms with E-state index in [4.69, 9.17) is 5.73 Å². The molecule has 25 heavy (non-hydrogen) atoms. The van der Waals surface area contributed by atoms with Crippen LogP contribution in [0.1, 0.15) is 35.3 Å². The molecule has 132 valence electrons. The standard InChI is InChI=1S/C16H19N5O3S/c17-13-5-4-11(8-14(13)21(23)24)15(22)19-16-18-12(10-25-16)9-20-6-2-1-3-7-20/h4-5,8,10H,1-3,6-7,9,17H2,(H,18,19,22). The highest BCUT2D eigenvalue weighted by Crippen LogP contribution is 2.24. The molecular formula is C16H19N5O3S. The van der Waals surface area contributed by atoms with E-state index >= 15 is 0 Å². The van der Waals surface area contributed by atoms with Gasteiger partial charge in [0, 0.05) is 23.6 Å². The minimum Gasteiger partial charge on any atom is -0.393 e. The number of likely N-dealkylation sites (tertiary alicyclic amines) is 1. The number of aromatic nitrogens is 1. The highest BCUT2D eigenvalue weighted by atomic mass is 32.1. The summed E-state index contributed by atoms with van der Waals surface area (Å²) in [6, 6.07) is 3.99. The van der Waals surface area contributed by atoms with Crippen molar-refractivity contribution in [2.45, 2.75) is 25.8 Å². The minimum absolute atomic E-state index is 0.0274. The molecule has 0 spiro atoms. The molecule has 8 nitrogen and oxygen atoms in total. The van der Waals surface area contributed by atoms with Gasteiger partial charge in [-0.3, -0.25) is 25.1 Å². The fourth-order valence-corrected chi connectivity index (χ4v) is 3.49. The lowest BCUT2D eigenvalue weighted by Crippen LogP contribution is -2.29. The average Bonchev–Trinajstić information content (AvgIpc) is 3.02. The van der Waals surface area contributed by atoms with Crippen LogP contribution in [0.15, 0.2) is 23.6 Å². The number of nitro groups is 1.